The molecule has 4 nitrogen and oxygen atoms in total. The van der Waals surface area contributed by atoms with Crippen molar-refractivity contribution >= 4 is 0 Å². The first-order chi connectivity index (χ1) is 10.7. The van der Waals surface area contributed by atoms with Crippen LogP contribution in [0.4, 0.5) is 0 Å². The van der Waals surface area contributed by atoms with E-state index >= 15 is 0 Å². The molecule has 1 N–H and O–H groups in total. The first kappa shape index (κ1) is 16.5. The molecular weight excluding hydrogens is 276 g/mol. The van der Waals surface area contributed by atoms with Crippen LogP contribution in [0.1, 0.15) is 23.2 Å². The average Bonchev–Trinajstić information content (AvgIpc) is 2.52. The summed E-state index contributed by atoms with van der Waals surface area (Å²) in [4.78, 5) is 6.68. The predicted molar refractivity (Wildman–Crippen MR) is 87.7 cm³/mol. The topological polar surface area (TPSA) is 45.6 Å². The number of hydrogen-bond acceptors (Lipinski definition) is 4. The number of hydrogen-bond donors (Lipinski definition) is 1. The highest BCUT2D eigenvalue weighted by molar-refractivity contribution is 5.35. The van der Waals surface area contributed by atoms with Crippen LogP contribution < -0.4 is 0 Å². The molecule has 0 aliphatic rings. The van der Waals surface area contributed by atoms with Crippen molar-refractivity contribution in [1.82, 2.24) is 9.88 Å². The minimum Gasteiger partial charge on any atom is -0.508 e. The van der Waals surface area contributed by atoms with Crippen LogP contribution in [0.2, 0.25) is 0 Å². The minimum absolute atomic E-state index is 0.350. The average molecular weight is 300 g/mol. The maximum atomic E-state index is 10.1. The molecule has 0 bridgehead atoms. The molecule has 0 saturated carbocycles. The van der Waals surface area contributed by atoms with Gasteiger partial charge in [-0.2, -0.15) is 0 Å². The summed E-state index contributed by atoms with van der Waals surface area (Å²) in [5.41, 5.74) is 3.14. The van der Waals surface area contributed by atoms with Gasteiger partial charge in [0.05, 0.1) is 5.69 Å². The van der Waals surface area contributed by atoms with Crippen LogP contribution in [0, 0.1) is 6.92 Å². The summed E-state index contributed by atoms with van der Waals surface area (Å²) in [6.07, 6.45) is 2.77. The Labute approximate surface area is 132 Å². The number of rotatable bonds is 8. The molecule has 0 aliphatic carbocycles. The number of methoxy groups -OCH3 is 1. The first-order valence-electron chi connectivity index (χ1n) is 7.58. The smallest absolute Gasteiger partial charge is 0.120 e. The van der Waals surface area contributed by atoms with Gasteiger partial charge >= 0.3 is 0 Å². The highest BCUT2D eigenvalue weighted by Gasteiger charge is 2.10. The number of phenolic OH excluding ortho intramolecular Hbond substituents is 1. The molecule has 0 amide bonds. The third-order valence-electron chi connectivity index (χ3n) is 3.56. The zero-order valence-electron chi connectivity index (χ0n) is 13.3. The number of phenols is 1. The lowest BCUT2D eigenvalue weighted by Crippen LogP contribution is -2.25. The Kier molecular flexibility index (Phi) is 6.37. The number of nitrogens with zero attached hydrogens (tertiary/aromatic N) is 2. The van der Waals surface area contributed by atoms with E-state index in [-0.39, 0.29) is 0 Å². The fourth-order valence-corrected chi connectivity index (χ4v) is 2.45. The molecular formula is C18H24N2O2. The third kappa shape index (κ3) is 5.13. The van der Waals surface area contributed by atoms with Crippen molar-refractivity contribution < 1.29 is 9.84 Å². The van der Waals surface area contributed by atoms with Gasteiger partial charge in [-0.3, -0.25) is 9.88 Å². The van der Waals surface area contributed by atoms with Gasteiger partial charge in [0.15, 0.2) is 0 Å². The quantitative estimate of drug-likeness (QED) is 0.761. The van der Waals surface area contributed by atoms with Gasteiger partial charge in [0.2, 0.25) is 0 Å². The zero-order chi connectivity index (χ0) is 15.8. The lowest BCUT2D eigenvalue weighted by Gasteiger charge is -2.22. The summed E-state index contributed by atoms with van der Waals surface area (Å²) in [5.74, 6) is 0.350. The van der Waals surface area contributed by atoms with Crippen LogP contribution in [0.25, 0.3) is 0 Å². The molecule has 118 valence electrons. The van der Waals surface area contributed by atoms with Gasteiger partial charge < -0.3 is 9.84 Å². The summed E-state index contributed by atoms with van der Waals surface area (Å²) in [7, 11) is 1.72. The highest BCUT2D eigenvalue weighted by Crippen LogP contribution is 2.21. The van der Waals surface area contributed by atoms with E-state index in [2.05, 4.69) is 9.88 Å². The summed E-state index contributed by atoms with van der Waals surface area (Å²) < 4.78 is 5.14. The van der Waals surface area contributed by atoms with Crippen LogP contribution in [-0.2, 0) is 17.8 Å². The molecule has 0 atom stereocenters. The monoisotopic (exact) mass is 300 g/mol. The van der Waals surface area contributed by atoms with E-state index < -0.39 is 0 Å². The van der Waals surface area contributed by atoms with Crippen molar-refractivity contribution in [2.45, 2.75) is 26.4 Å². The van der Waals surface area contributed by atoms with Crippen LogP contribution in [0.3, 0.4) is 0 Å². The second-order valence-electron chi connectivity index (χ2n) is 5.51. The van der Waals surface area contributed by atoms with Crippen molar-refractivity contribution in [1.29, 1.82) is 0 Å². The normalized spacial score (nSPS) is 11.0. The van der Waals surface area contributed by atoms with Crippen molar-refractivity contribution in [2.75, 3.05) is 20.3 Å². The number of benzene rings is 1. The van der Waals surface area contributed by atoms with E-state index in [1.54, 1.807) is 13.2 Å². The molecule has 1 aromatic carbocycles. The molecule has 0 radical (unpaired) electrons. The maximum absolute atomic E-state index is 10.1. The molecule has 0 aliphatic heterocycles. The van der Waals surface area contributed by atoms with Gasteiger partial charge in [0.25, 0.3) is 0 Å². The summed E-state index contributed by atoms with van der Waals surface area (Å²) in [5, 5.41) is 10.1. The van der Waals surface area contributed by atoms with Crippen LogP contribution in [-0.4, -0.2) is 35.3 Å². The summed E-state index contributed by atoms with van der Waals surface area (Å²) >= 11 is 0. The molecule has 2 aromatic rings. The minimum atomic E-state index is 0.350. The number of ether oxygens (including phenoxy) is 1. The Bertz CT molecular complexity index is 573. The van der Waals surface area contributed by atoms with E-state index in [1.807, 2.05) is 43.5 Å². The highest BCUT2D eigenvalue weighted by atomic mass is 16.5. The SMILES string of the molecule is COCCCN(Cc1ccccn1)Cc1cc(C)ccc1O. The van der Waals surface area contributed by atoms with Gasteiger partial charge in [0.1, 0.15) is 5.75 Å². The number of aromatic nitrogens is 1. The van der Waals surface area contributed by atoms with Crippen LogP contribution >= 0.6 is 0 Å². The molecule has 1 aromatic heterocycles. The Morgan fingerprint density at radius 1 is 1.18 bits per heavy atom. The lowest BCUT2D eigenvalue weighted by molar-refractivity contribution is 0.165. The van der Waals surface area contributed by atoms with Gasteiger partial charge in [-0.1, -0.05) is 23.8 Å². The maximum Gasteiger partial charge on any atom is 0.120 e. The molecule has 0 unspecified atom stereocenters. The summed E-state index contributed by atoms with van der Waals surface area (Å²) in [6, 6.07) is 11.7. The molecule has 0 saturated heterocycles. The fraction of sp³-hybridized carbons (Fsp3) is 0.389. The Morgan fingerprint density at radius 3 is 2.77 bits per heavy atom. The zero-order valence-corrected chi connectivity index (χ0v) is 13.3. The Morgan fingerprint density at radius 2 is 2.05 bits per heavy atom. The second kappa shape index (κ2) is 8.51. The lowest BCUT2D eigenvalue weighted by atomic mass is 10.1. The van der Waals surface area contributed by atoms with Gasteiger partial charge in [-0.05, 0) is 31.5 Å². The van der Waals surface area contributed by atoms with Gasteiger partial charge in [-0.15, -0.1) is 0 Å². The van der Waals surface area contributed by atoms with E-state index in [0.717, 1.165) is 42.9 Å². The first-order valence-corrected chi connectivity index (χ1v) is 7.58. The van der Waals surface area contributed by atoms with Crippen molar-refractivity contribution in [3.8, 4) is 5.75 Å². The van der Waals surface area contributed by atoms with Crippen molar-refractivity contribution in [2.24, 2.45) is 0 Å². The molecule has 1 heterocycles. The Balaban J connectivity index is 2.07. The number of aromatic hydroxyl groups is 1. The Hall–Kier alpha value is -1.91. The van der Waals surface area contributed by atoms with Gasteiger partial charge in [-0.25, -0.2) is 0 Å². The third-order valence-corrected chi connectivity index (χ3v) is 3.56. The van der Waals surface area contributed by atoms with E-state index in [9.17, 15) is 5.11 Å². The van der Waals surface area contributed by atoms with Crippen LogP contribution in [0.5, 0.6) is 5.75 Å². The number of pyridine rings is 1. The van der Waals surface area contributed by atoms with E-state index in [1.165, 1.54) is 0 Å². The fourth-order valence-electron chi connectivity index (χ4n) is 2.45. The molecule has 2 rings (SSSR count). The van der Waals surface area contributed by atoms with Crippen molar-refractivity contribution in [3.05, 3.63) is 59.4 Å². The second-order valence-corrected chi connectivity index (χ2v) is 5.51. The molecule has 0 fully saturated rings. The number of aryl methyl sites for hydroxylation is 1. The largest absolute Gasteiger partial charge is 0.508 e. The molecule has 4 heteroatoms. The van der Waals surface area contributed by atoms with E-state index in [0.29, 0.717) is 12.3 Å². The predicted octanol–water partition coefficient (Wildman–Crippen LogP) is 3.13. The standard InChI is InChI=1S/C18H24N2O2/c1-15-7-8-18(21)16(12-15)13-20(10-5-11-22-2)14-17-6-3-4-9-19-17/h3-4,6-9,12,21H,5,10-11,13-14H2,1-2H3. The van der Waals surface area contributed by atoms with Gasteiger partial charge in [0, 0.05) is 45.1 Å². The van der Waals surface area contributed by atoms with Crippen molar-refractivity contribution in [3.63, 3.8) is 0 Å². The van der Waals surface area contributed by atoms with Crippen LogP contribution in [0.15, 0.2) is 42.6 Å². The summed E-state index contributed by atoms with van der Waals surface area (Å²) in [6.45, 7) is 5.14. The molecule has 0 spiro atoms. The molecule has 22 heavy (non-hydrogen) atoms. The van der Waals surface area contributed by atoms with E-state index in [4.69, 9.17) is 4.74 Å².